The van der Waals surface area contributed by atoms with Gasteiger partial charge in [0, 0.05) is 18.4 Å². The Balaban J connectivity index is 0.00000280. The summed E-state index contributed by atoms with van der Waals surface area (Å²) in [6.45, 7) is 1.22. The Morgan fingerprint density at radius 1 is 1.07 bits per heavy atom. The summed E-state index contributed by atoms with van der Waals surface area (Å²) in [5, 5.41) is 5.93. The summed E-state index contributed by atoms with van der Waals surface area (Å²) in [7, 11) is -3.53. The molecule has 152 valence electrons. The van der Waals surface area contributed by atoms with Gasteiger partial charge < -0.3 is 15.4 Å². The quantitative estimate of drug-likeness (QED) is 0.744. The summed E-state index contributed by atoms with van der Waals surface area (Å²) in [5.41, 5.74) is 0.785. The SMILES string of the molecule is CS(=O)(=O)C1(C(=O)NCc2ccccc2Oc2ccccc2)CCNCC1.Cl. The van der Waals surface area contributed by atoms with Crippen LogP contribution < -0.4 is 15.4 Å². The summed E-state index contributed by atoms with van der Waals surface area (Å²) >= 11 is 0. The van der Waals surface area contributed by atoms with Gasteiger partial charge in [-0.05, 0) is 44.1 Å². The van der Waals surface area contributed by atoms with Crippen LogP contribution in [0.3, 0.4) is 0 Å². The van der Waals surface area contributed by atoms with Gasteiger partial charge in [-0.25, -0.2) is 8.42 Å². The highest BCUT2D eigenvalue weighted by atomic mass is 35.5. The molecule has 8 heteroatoms. The normalized spacial score (nSPS) is 15.9. The summed E-state index contributed by atoms with van der Waals surface area (Å²) < 4.78 is 29.2. The molecule has 0 aromatic heterocycles. The van der Waals surface area contributed by atoms with E-state index < -0.39 is 20.5 Å². The number of hydrogen-bond donors (Lipinski definition) is 2. The van der Waals surface area contributed by atoms with Gasteiger partial charge in [-0.1, -0.05) is 36.4 Å². The number of halogens is 1. The largest absolute Gasteiger partial charge is 0.457 e. The van der Waals surface area contributed by atoms with E-state index in [1.54, 1.807) is 0 Å². The number of para-hydroxylation sites is 2. The van der Waals surface area contributed by atoms with Crippen molar-refractivity contribution in [2.75, 3.05) is 19.3 Å². The van der Waals surface area contributed by atoms with E-state index in [2.05, 4.69) is 10.6 Å². The maximum atomic E-state index is 12.9. The number of hydrogen-bond acceptors (Lipinski definition) is 5. The monoisotopic (exact) mass is 424 g/mol. The van der Waals surface area contributed by atoms with E-state index in [9.17, 15) is 13.2 Å². The molecule has 0 unspecified atom stereocenters. The molecule has 2 N–H and O–H groups in total. The van der Waals surface area contributed by atoms with Gasteiger partial charge in [0.2, 0.25) is 5.91 Å². The fraction of sp³-hybridized carbons (Fsp3) is 0.350. The molecular weight excluding hydrogens is 400 g/mol. The van der Waals surface area contributed by atoms with Crippen molar-refractivity contribution in [1.29, 1.82) is 0 Å². The van der Waals surface area contributed by atoms with Crippen molar-refractivity contribution in [3.8, 4) is 11.5 Å². The summed E-state index contributed by atoms with van der Waals surface area (Å²) in [6.07, 6.45) is 1.70. The van der Waals surface area contributed by atoms with Crippen LogP contribution in [0, 0.1) is 0 Å². The van der Waals surface area contributed by atoms with E-state index in [0.717, 1.165) is 11.8 Å². The van der Waals surface area contributed by atoms with Crippen molar-refractivity contribution in [3.05, 3.63) is 60.2 Å². The third-order valence-corrected chi connectivity index (χ3v) is 6.93. The molecule has 1 fully saturated rings. The molecule has 1 saturated heterocycles. The third kappa shape index (κ3) is 4.84. The number of rotatable bonds is 6. The first kappa shape index (κ1) is 22.2. The molecule has 2 aromatic rings. The lowest BCUT2D eigenvalue weighted by Gasteiger charge is -2.34. The minimum Gasteiger partial charge on any atom is -0.457 e. The second-order valence-electron chi connectivity index (χ2n) is 6.72. The highest BCUT2D eigenvalue weighted by Gasteiger charge is 2.48. The first-order chi connectivity index (χ1) is 12.9. The number of ether oxygens (including phenoxy) is 1. The van der Waals surface area contributed by atoms with Crippen LogP contribution in [0.15, 0.2) is 54.6 Å². The summed E-state index contributed by atoms with van der Waals surface area (Å²) in [4.78, 5) is 12.9. The van der Waals surface area contributed by atoms with Crippen LogP contribution in [0.5, 0.6) is 11.5 Å². The van der Waals surface area contributed by atoms with Crippen molar-refractivity contribution >= 4 is 28.2 Å². The number of piperidine rings is 1. The number of sulfone groups is 1. The zero-order chi connectivity index (χ0) is 19.3. The van der Waals surface area contributed by atoms with Crippen LogP contribution in [0.1, 0.15) is 18.4 Å². The van der Waals surface area contributed by atoms with Crippen LogP contribution in [-0.2, 0) is 21.2 Å². The topological polar surface area (TPSA) is 84.5 Å². The standard InChI is InChI=1S/C20H24N2O4S.ClH/c1-27(24,25)20(11-13-21-14-12-20)19(23)22-15-16-7-5-6-10-18(16)26-17-8-3-2-4-9-17;/h2-10,21H,11-15H2,1H3,(H,22,23);1H. The van der Waals surface area contributed by atoms with Gasteiger partial charge in [0.15, 0.2) is 14.6 Å². The molecule has 0 spiro atoms. The average molecular weight is 425 g/mol. The lowest BCUT2D eigenvalue weighted by atomic mass is 9.95. The Morgan fingerprint density at radius 3 is 2.32 bits per heavy atom. The Hall–Kier alpha value is -2.09. The third-order valence-electron chi connectivity index (χ3n) is 4.92. The maximum Gasteiger partial charge on any atom is 0.241 e. The predicted octanol–water partition coefficient (Wildman–Crippen LogP) is 2.68. The van der Waals surface area contributed by atoms with Crippen LogP contribution in [0.4, 0.5) is 0 Å². The second-order valence-corrected chi connectivity index (χ2v) is 9.05. The van der Waals surface area contributed by atoms with Crippen LogP contribution in [0.2, 0.25) is 0 Å². The molecule has 1 aliphatic heterocycles. The number of carbonyl (C=O) groups is 1. The van der Waals surface area contributed by atoms with E-state index in [0.29, 0.717) is 24.6 Å². The van der Waals surface area contributed by atoms with Gasteiger partial charge in [0.1, 0.15) is 11.5 Å². The lowest BCUT2D eigenvalue weighted by Crippen LogP contribution is -2.57. The molecule has 6 nitrogen and oxygen atoms in total. The van der Waals surface area contributed by atoms with Gasteiger partial charge in [0.05, 0.1) is 0 Å². The number of carbonyl (C=O) groups excluding carboxylic acids is 1. The van der Waals surface area contributed by atoms with Crippen molar-refractivity contribution < 1.29 is 17.9 Å². The van der Waals surface area contributed by atoms with Gasteiger partial charge in [-0.15, -0.1) is 12.4 Å². The van der Waals surface area contributed by atoms with Crippen LogP contribution >= 0.6 is 12.4 Å². The fourth-order valence-electron chi connectivity index (χ4n) is 3.30. The van der Waals surface area contributed by atoms with Crippen molar-refractivity contribution in [1.82, 2.24) is 10.6 Å². The van der Waals surface area contributed by atoms with Crippen molar-refractivity contribution in [2.24, 2.45) is 0 Å². The van der Waals surface area contributed by atoms with Gasteiger partial charge in [-0.2, -0.15) is 0 Å². The Bertz CT molecular complexity index is 897. The molecule has 0 aliphatic carbocycles. The number of amides is 1. The average Bonchev–Trinajstić information content (AvgIpc) is 2.67. The van der Waals surface area contributed by atoms with Crippen LogP contribution in [0.25, 0.3) is 0 Å². The van der Waals surface area contributed by atoms with E-state index in [1.807, 2.05) is 54.6 Å². The highest BCUT2D eigenvalue weighted by Crippen LogP contribution is 2.29. The second kappa shape index (κ2) is 9.41. The Morgan fingerprint density at radius 2 is 1.68 bits per heavy atom. The molecule has 1 heterocycles. The molecule has 3 rings (SSSR count). The van der Waals surface area contributed by atoms with E-state index in [1.165, 1.54) is 0 Å². The fourth-order valence-corrected chi connectivity index (χ4v) is 4.65. The van der Waals surface area contributed by atoms with Gasteiger partial charge >= 0.3 is 0 Å². The number of benzene rings is 2. The summed E-state index contributed by atoms with van der Waals surface area (Å²) in [6, 6.07) is 16.8. The molecule has 0 bridgehead atoms. The van der Waals surface area contributed by atoms with Crippen molar-refractivity contribution in [3.63, 3.8) is 0 Å². The van der Waals surface area contributed by atoms with Gasteiger partial charge in [-0.3, -0.25) is 4.79 Å². The molecule has 2 aromatic carbocycles. The molecular formula is C20H25ClN2O4S. The zero-order valence-electron chi connectivity index (χ0n) is 15.7. The maximum absolute atomic E-state index is 12.9. The van der Waals surface area contributed by atoms with E-state index in [-0.39, 0.29) is 31.8 Å². The highest BCUT2D eigenvalue weighted by molar-refractivity contribution is 7.92. The molecule has 0 saturated carbocycles. The molecule has 28 heavy (non-hydrogen) atoms. The molecule has 0 radical (unpaired) electrons. The minimum atomic E-state index is -3.53. The zero-order valence-corrected chi connectivity index (χ0v) is 17.3. The van der Waals surface area contributed by atoms with E-state index in [4.69, 9.17) is 4.74 Å². The predicted molar refractivity (Wildman–Crippen MR) is 112 cm³/mol. The Labute approximate surface area is 172 Å². The van der Waals surface area contributed by atoms with Crippen LogP contribution in [-0.4, -0.2) is 38.4 Å². The first-order valence-corrected chi connectivity index (χ1v) is 10.8. The molecule has 1 aliphatic rings. The Kier molecular flexibility index (Phi) is 7.46. The van der Waals surface area contributed by atoms with E-state index >= 15 is 0 Å². The number of nitrogens with one attached hydrogen (secondary N) is 2. The first-order valence-electron chi connectivity index (χ1n) is 8.92. The molecule has 0 atom stereocenters. The minimum absolute atomic E-state index is 0. The summed E-state index contributed by atoms with van der Waals surface area (Å²) in [5.74, 6) is 0.881. The lowest BCUT2D eigenvalue weighted by molar-refractivity contribution is -0.124. The van der Waals surface area contributed by atoms with Gasteiger partial charge in [0.25, 0.3) is 0 Å². The van der Waals surface area contributed by atoms with Crippen molar-refractivity contribution in [2.45, 2.75) is 24.1 Å². The molecule has 1 amide bonds. The smallest absolute Gasteiger partial charge is 0.241 e.